The number of carbonyl (C=O) groups excluding carboxylic acids is 4. The number of thiophene rings is 1. The van der Waals surface area contributed by atoms with Crippen LogP contribution in [0.4, 0.5) is 0 Å². The van der Waals surface area contributed by atoms with Gasteiger partial charge >= 0.3 is 0 Å². The Morgan fingerprint density at radius 2 is 1.52 bits per heavy atom. The molecule has 0 unspecified atom stereocenters. The standard InChI is InChI=1S/C24H30N2O4S/c1-5-26(16-18-7-9-19(10-8-18)24(30)25(3)4)23(29)15-12-20(27)11-13-21(28)22-14-6-17(2)31-22/h6-10,14H,5,11-13,15-16H2,1-4H3. The van der Waals surface area contributed by atoms with Gasteiger partial charge < -0.3 is 9.80 Å². The van der Waals surface area contributed by atoms with E-state index < -0.39 is 0 Å². The van der Waals surface area contributed by atoms with Gasteiger partial charge in [0.15, 0.2) is 5.78 Å². The highest BCUT2D eigenvalue weighted by Gasteiger charge is 2.16. The third kappa shape index (κ3) is 7.43. The highest BCUT2D eigenvalue weighted by atomic mass is 32.1. The molecule has 0 atom stereocenters. The fraction of sp³-hybridized carbons (Fsp3) is 0.417. The third-order valence-corrected chi connectivity index (χ3v) is 6.02. The summed E-state index contributed by atoms with van der Waals surface area (Å²) in [5, 5.41) is 0. The minimum Gasteiger partial charge on any atom is -0.345 e. The highest BCUT2D eigenvalue weighted by Crippen LogP contribution is 2.18. The molecule has 31 heavy (non-hydrogen) atoms. The number of hydrogen-bond acceptors (Lipinski definition) is 5. The van der Waals surface area contributed by atoms with Gasteiger partial charge in [-0.1, -0.05) is 12.1 Å². The normalized spacial score (nSPS) is 10.6. The number of benzene rings is 1. The van der Waals surface area contributed by atoms with Gasteiger partial charge in [-0.25, -0.2) is 0 Å². The van der Waals surface area contributed by atoms with Crippen LogP contribution in [0.1, 0.15) is 63.1 Å². The van der Waals surface area contributed by atoms with Crippen molar-refractivity contribution in [2.24, 2.45) is 0 Å². The first-order valence-corrected chi connectivity index (χ1v) is 11.2. The lowest BCUT2D eigenvalue weighted by atomic mass is 10.1. The van der Waals surface area contributed by atoms with Crippen LogP contribution in [0.15, 0.2) is 36.4 Å². The van der Waals surface area contributed by atoms with Crippen LogP contribution in [0.5, 0.6) is 0 Å². The Labute approximate surface area is 187 Å². The maximum Gasteiger partial charge on any atom is 0.253 e. The molecule has 0 saturated carbocycles. The first kappa shape index (κ1) is 24.5. The van der Waals surface area contributed by atoms with E-state index in [0.29, 0.717) is 23.5 Å². The molecular formula is C24H30N2O4S. The van der Waals surface area contributed by atoms with E-state index in [0.717, 1.165) is 10.4 Å². The molecule has 2 amide bonds. The molecule has 166 valence electrons. The van der Waals surface area contributed by atoms with Crippen molar-refractivity contribution in [2.75, 3.05) is 20.6 Å². The molecule has 0 radical (unpaired) electrons. The van der Waals surface area contributed by atoms with Crippen LogP contribution < -0.4 is 0 Å². The van der Waals surface area contributed by atoms with Crippen LogP contribution in [-0.2, 0) is 16.1 Å². The predicted octanol–water partition coefficient (Wildman–Crippen LogP) is 4.12. The van der Waals surface area contributed by atoms with Gasteiger partial charge in [0, 0.05) is 63.3 Å². The van der Waals surface area contributed by atoms with Crippen molar-refractivity contribution in [1.82, 2.24) is 9.80 Å². The summed E-state index contributed by atoms with van der Waals surface area (Å²) in [6.45, 7) is 4.79. The third-order valence-electron chi connectivity index (χ3n) is 4.98. The predicted molar refractivity (Wildman–Crippen MR) is 122 cm³/mol. The Kier molecular flexibility index (Phi) is 9.12. The summed E-state index contributed by atoms with van der Waals surface area (Å²) in [5.41, 5.74) is 1.52. The molecule has 0 spiro atoms. The second kappa shape index (κ2) is 11.6. The van der Waals surface area contributed by atoms with Gasteiger partial charge in [-0.2, -0.15) is 0 Å². The minimum atomic E-state index is -0.0931. The average Bonchev–Trinajstić information content (AvgIpc) is 3.20. The maximum atomic E-state index is 12.6. The van der Waals surface area contributed by atoms with E-state index in [1.54, 1.807) is 37.2 Å². The summed E-state index contributed by atoms with van der Waals surface area (Å²) >= 11 is 1.43. The lowest BCUT2D eigenvalue weighted by Gasteiger charge is -2.21. The van der Waals surface area contributed by atoms with Gasteiger partial charge in [-0.05, 0) is 43.7 Å². The van der Waals surface area contributed by atoms with E-state index >= 15 is 0 Å². The van der Waals surface area contributed by atoms with Crippen molar-refractivity contribution in [3.8, 4) is 0 Å². The van der Waals surface area contributed by atoms with Crippen molar-refractivity contribution in [3.05, 3.63) is 57.3 Å². The molecule has 0 aliphatic rings. The number of ketones is 2. The SMILES string of the molecule is CCN(Cc1ccc(C(=O)N(C)C)cc1)C(=O)CCC(=O)CCC(=O)c1ccc(C)s1. The fourth-order valence-electron chi connectivity index (χ4n) is 3.10. The second-order valence-electron chi connectivity index (χ2n) is 7.68. The van der Waals surface area contributed by atoms with E-state index in [1.807, 2.05) is 32.0 Å². The number of rotatable bonds is 11. The molecular weight excluding hydrogens is 412 g/mol. The van der Waals surface area contributed by atoms with Crippen molar-refractivity contribution in [2.45, 2.75) is 46.1 Å². The summed E-state index contributed by atoms with van der Waals surface area (Å²) in [4.78, 5) is 53.8. The zero-order valence-electron chi connectivity index (χ0n) is 18.6. The highest BCUT2D eigenvalue weighted by molar-refractivity contribution is 7.14. The number of Topliss-reactive ketones (excluding diaryl/α,β-unsaturated/α-hetero) is 2. The monoisotopic (exact) mass is 442 g/mol. The first-order valence-electron chi connectivity index (χ1n) is 10.4. The van der Waals surface area contributed by atoms with Gasteiger partial charge in [0.05, 0.1) is 4.88 Å². The molecule has 2 aromatic rings. The number of nitrogens with zero attached hydrogens (tertiary/aromatic N) is 2. The van der Waals surface area contributed by atoms with Crippen LogP contribution in [-0.4, -0.2) is 53.8 Å². The van der Waals surface area contributed by atoms with Gasteiger partial charge in [0.2, 0.25) is 5.91 Å². The number of hydrogen-bond donors (Lipinski definition) is 0. The molecule has 6 nitrogen and oxygen atoms in total. The van der Waals surface area contributed by atoms with E-state index in [2.05, 4.69) is 0 Å². The van der Waals surface area contributed by atoms with Gasteiger partial charge in [0.1, 0.15) is 5.78 Å². The quantitative estimate of drug-likeness (QED) is 0.491. The number of amides is 2. The zero-order chi connectivity index (χ0) is 23.0. The summed E-state index contributed by atoms with van der Waals surface area (Å²) in [6.07, 6.45) is 0.623. The topological polar surface area (TPSA) is 74.8 Å². The Balaban J connectivity index is 1.80. The largest absolute Gasteiger partial charge is 0.345 e. The van der Waals surface area contributed by atoms with Crippen LogP contribution in [0, 0.1) is 6.92 Å². The Hall–Kier alpha value is -2.80. The molecule has 7 heteroatoms. The summed E-state index contributed by atoms with van der Waals surface area (Å²) in [7, 11) is 3.40. The van der Waals surface area contributed by atoms with Crippen molar-refractivity contribution in [1.29, 1.82) is 0 Å². The number of carbonyl (C=O) groups is 4. The van der Waals surface area contributed by atoms with Crippen LogP contribution in [0.2, 0.25) is 0 Å². The Bertz CT molecular complexity index is 931. The number of aryl methyl sites for hydroxylation is 1. The van der Waals surface area contributed by atoms with Crippen molar-refractivity contribution in [3.63, 3.8) is 0 Å². The average molecular weight is 443 g/mol. The molecule has 0 aliphatic carbocycles. The second-order valence-corrected chi connectivity index (χ2v) is 8.96. The Morgan fingerprint density at radius 3 is 2.06 bits per heavy atom. The molecule has 0 aliphatic heterocycles. The van der Waals surface area contributed by atoms with Crippen molar-refractivity contribution >= 4 is 34.7 Å². The fourth-order valence-corrected chi connectivity index (χ4v) is 3.93. The van der Waals surface area contributed by atoms with Crippen LogP contribution >= 0.6 is 11.3 Å². The van der Waals surface area contributed by atoms with Crippen LogP contribution in [0.25, 0.3) is 0 Å². The minimum absolute atomic E-state index is 0.0239. The van der Waals surface area contributed by atoms with Gasteiger partial charge in [-0.15, -0.1) is 11.3 Å². The van der Waals surface area contributed by atoms with Crippen molar-refractivity contribution < 1.29 is 19.2 Å². The van der Waals surface area contributed by atoms with Gasteiger partial charge in [0.25, 0.3) is 5.91 Å². The van der Waals surface area contributed by atoms with E-state index in [4.69, 9.17) is 0 Å². The molecule has 0 fully saturated rings. The lowest BCUT2D eigenvalue weighted by Crippen LogP contribution is -2.30. The first-order chi connectivity index (χ1) is 14.7. The van der Waals surface area contributed by atoms with E-state index in [1.165, 1.54) is 16.2 Å². The molecule has 1 aromatic heterocycles. The van der Waals surface area contributed by atoms with E-state index in [9.17, 15) is 19.2 Å². The van der Waals surface area contributed by atoms with E-state index in [-0.39, 0.29) is 49.1 Å². The molecule has 0 N–H and O–H groups in total. The molecule has 1 aromatic carbocycles. The molecule has 0 bridgehead atoms. The smallest absolute Gasteiger partial charge is 0.253 e. The molecule has 2 rings (SSSR count). The maximum absolute atomic E-state index is 12.6. The summed E-state index contributed by atoms with van der Waals surface area (Å²) in [5.74, 6) is -0.257. The summed E-state index contributed by atoms with van der Waals surface area (Å²) < 4.78 is 0. The van der Waals surface area contributed by atoms with Crippen LogP contribution in [0.3, 0.4) is 0 Å². The zero-order valence-corrected chi connectivity index (χ0v) is 19.5. The molecule has 0 saturated heterocycles. The summed E-state index contributed by atoms with van der Waals surface area (Å²) in [6, 6.07) is 10.9. The lowest BCUT2D eigenvalue weighted by molar-refractivity contribution is -0.133. The Morgan fingerprint density at radius 1 is 0.871 bits per heavy atom. The molecule has 1 heterocycles. The van der Waals surface area contributed by atoms with Gasteiger partial charge in [-0.3, -0.25) is 19.2 Å².